The molecule has 37 heavy (non-hydrogen) atoms. The van der Waals surface area contributed by atoms with E-state index in [0.717, 1.165) is 11.1 Å². The van der Waals surface area contributed by atoms with E-state index in [-0.39, 0.29) is 13.2 Å². The Balaban J connectivity index is 1.37. The molecule has 3 aromatic rings. The monoisotopic (exact) mass is 501 g/mol. The molecule has 0 aliphatic carbocycles. The first-order valence-electron chi connectivity index (χ1n) is 12.3. The second kappa shape index (κ2) is 10.2. The molecule has 8 nitrogen and oxygen atoms in total. The molecule has 0 bridgehead atoms. The first kappa shape index (κ1) is 24.0. The molecule has 6 atom stereocenters. The molecule has 2 fully saturated rings. The maximum Gasteiger partial charge on any atom is 0.262 e. The van der Waals surface area contributed by atoms with Crippen LogP contribution in [0.1, 0.15) is 38.1 Å². The van der Waals surface area contributed by atoms with Crippen LogP contribution in [0, 0.1) is 0 Å². The van der Waals surface area contributed by atoms with Gasteiger partial charge in [-0.25, -0.2) is 0 Å². The minimum Gasteiger partial charge on any atom is -0.368 e. The SMILES string of the molecule is CO[C@@H]1O[C@@H]2CO[C@H](c3ccccc3)O[C@@H]2[C@@H](OCc2ccccc2)[C@H]1N1C(=O)c2ccccc2C1=O. The van der Waals surface area contributed by atoms with E-state index >= 15 is 0 Å². The van der Waals surface area contributed by atoms with Crippen molar-refractivity contribution in [2.24, 2.45) is 0 Å². The lowest BCUT2D eigenvalue weighted by molar-refractivity contribution is -0.351. The van der Waals surface area contributed by atoms with Crippen LogP contribution in [-0.4, -0.2) is 61.1 Å². The van der Waals surface area contributed by atoms with Gasteiger partial charge in [0, 0.05) is 12.7 Å². The Kier molecular flexibility index (Phi) is 6.58. The third-order valence-corrected chi connectivity index (χ3v) is 7.02. The van der Waals surface area contributed by atoms with Crippen molar-refractivity contribution in [2.45, 2.75) is 43.5 Å². The van der Waals surface area contributed by atoms with E-state index in [2.05, 4.69) is 0 Å². The van der Waals surface area contributed by atoms with Gasteiger partial charge in [0.15, 0.2) is 12.6 Å². The third kappa shape index (κ3) is 4.37. The fourth-order valence-corrected chi connectivity index (χ4v) is 5.24. The number of fused-ring (bicyclic) bond motifs is 2. The van der Waals surface area contributed by atoms with E-state index in [1.54, 1.807) is 24.3 Å². The first-order chi connectivity index (χ1) is 18.2. The second-order valence-corrected chi connectivity index (χ2v) is 9.23. The zero-order valence-corrected chi connectivity index (χ0v) is 20.3. The van der Waals surface area contributed by atoms with Crippen LogP contribution in [0.4, 0.5) is 0 Å². The van der Waals surface area contributed by atoms with E-state index in [1.807, 2.05) is 60.7 Å². The van der Waals surface area contributed by atoms with Crippen molar-refractivity contribution in [3.05, 3.63) is 107 Å². The van der Waals surface area contributed by atoms with Crippen LogP contribution >= 0.6 is 0 Å². The van der Waals surface area contributed by atoms with Gasteiger partial charge in [-0.15, -0.1) is 0 Å². The fourth-order valence-electron chi connectivity index (χ4n) is 5.24. The van der Waals surface area contributed by atoms with Crippen LogP contribution < -0.4 is 0 Å². The van der Waals surface area contributed by atoms with Crippen LogP contribution in [0.15, 0.2) is 84.9 Å². The van der Waals surface area contributed by atoms with Crippen molar-refractivity contribution in [1.82, 2.24) is 4.90 Å². The molecule has 0 saturated carbocycles. The Hall–Kier alpha value is -3.40. The van der Waals surface area contributed by atoms with Crippen molar-refractivity contribution in [3.63, 3.8) is 0 Å². The average molecular weight is 502 g/mol. The fraction of sp³-hybridized carbons (Fsp3) is 0.310. The van der Waals surface area contributed by atoms with Gasteiger partial charge >= 0.3 is 0 Å². The number of hydrogen-bond acceptors (Lipinski definition) is 7. The Morgan fingerprint density at radius 1 is 0.838 bits per heavy atom. The number of benzene rings is 3. The molecule has 3 aliphatic heterocycles. The summed E-state index contributed by atoms with van der Waals surface area (Å²) in [6, 6.07) is 25.2. The van der Waals surface area contributed by atoms with Gasteiger partial charge in [0.2, 0.25) is 0 Å². The number of carbonyl (C=O) groups is 2. The van der Waals surface area contributed by atoms with Crippen LogP contribution in [0.3, 0.4) is 0 Å². The number of methoxy groups -OCH3 is 1. The van der Waals surface area contributed by atoms with E-state index < -0.39 is 48.7 Å². The van der Waals surface area contributed by atoms with Gasteiger partial charge in [0.1, 0.15) is 24.4 Å². The summed E-state index contributed by atoms with van der Waals surface area (Å²) >= 11 is 0. The second-order valence-electron chi connectivity index (χ2n) is 9.23. The molecule has 3 aromatic carbocycles. The van der Waals surface area contributed by atoms with Crippen molar-refractivity contribution in [3.8, 4) is 0 Å². The minimum absolute atomic E-state index is 0.240. The van der Waals surface area contributed by atoms with Crippen molar-refractivity contribution >= 4 is 11.8 Å². The summed E-state index contributed by atoms with van der Waals surface area (Å²) in [5.74, 6) is -0.815. The maximum atomic E-state index is 13.5. The molecular formula is C29H27NO7. The highest BCUT2D eigenvalue weighted by Crippen LogP contribution is 2.39. The topological polar surface area (TPSA) is 83.5 Å². The summed E-state index contributed by atoms with van der Waals surface area (Å²) in [6.07, 6.45) is -3.44. The number of ether oxygens (including phenoxy) is 5. The quantitative estimate of drug-likeness (QED) is 0.476. The molecule has 0 unspecified atom stereocenters. The lowest BCUT2D eigenvalue weighted by Crippen LogP contribution is -2.68. The van der Waals surface area contributed by atoms with Crippen molar-refractivity contribution < 1.29 is 33.3 Å². The van der Waals surface area contributed by atoms with Crippen molar-refractivity contribution in [1.29, 1.82) is 0 Å². The first-order valence-corrected chi connectivity index (χ1v) is 12.3. The standard InChI is InChI=1S/C29H27NO7/c1-33-29-23(30-26(31)20-14-8-9-15-21(20)27(30)32)25(34-16-18-10-4-2-5-11-18)24-22(36-29)17-35-28(37-24)19-12-6-3-7-13-19/h2-15,22-25,28-29H,16-17H2,1H3/t22-,23-,24+,25+,28+,29-/m1/s1. The van der Waals surface area contributed by atoms with Crippen LogP contribution in [0.25, 0.3) is 0 Å². The molecule has 0 aromatic heterocycles. The molecule has 2 saturated heterocycles. The minimum atomic E-state index is -0.926. The zero-order chi connectivity index (χ0) is 25.4. The molecule has 3 heterocycles. The van der Waals surface area contributed by atoms with Gasteiger partial charge in [-0.3, -0.25) is 14.5 Å². The van der Waals surface area contributed by atoms with Gasteiger partial charge in [-0.05, 0) is 17.7 Å². The molecule has 0 radical (unpaired) electrons. The normalized spacial score (nSPS) is 29.2. The Morgan fingerprint density at radius 3 is 2.11 bits per heavy atom. The average Bonchev–Trinajstić information content (AvgIpc) is 3.21. The molecule has 8 heteroatoms. The molecule has 0 N–H and O–H groups in total. The van der Waals surface area contributed by atoms with E-state index in [4.69, 9.17) is 23.7 Å². The van der Waals surface area contributed by atoms with Gasteiger partial charge in [0.25, 0.3) is 11.8 Å². The lowest BCUT2D eigenvalue weighted by Gasteiger charge is -2.50. The molecule has 2 amide bonds. The molecular weight excluding hydrogens is 474 g/mol. The summed E-state index contributed by atoms with van der Waals surface area (Å²) in [7, 11) is 1.49. The number of nitrogens with zero attached hydrogens (tertiary/aromatic N) is 1. The van der Waals surface area contributed by atoms with E-state index in [9.17, 15) is 9.59 Å². The third-order valence-electron chi connectivity index (χ3n) is 7.02. The lowest BCUT2D eigenvalue weighted by atomic mass is 9.94. The Morgan fingerprint density at radius 2 is 1.46 bits per heavy atom. The largest absolute Gasteiger partial charge is 0.368 e. The molecule has 190 valence electrons. The smallest absolute Gasteiger partial charge is 0.262 e. The van der Waals surface area contributed by atoms with Crippen LogP contribution in [0.2, 0.25) is 0 Å². The summed E-state index contributed by atoms with van der Waals surface area (Å²) in [5.41, 5.74) is 2.50. The molecule has 0 spiro atoms. The zero-order valence-electron chi connectivity index (χ0n) is 20.3. The Labute approximate surface area is 214 Å². The molecule has 3 aliphatic rings. The molecule has 6 rings (SSSR count). The number of rotatable bonds is 6. The predicted molar refractivity (Wildman–Crippen MR) is 131 cm³/mol. The maximum absolute atomic E-state index is 13.5. The number of carbonyl (C=O) groups excluding carboxylic acids is 2. The van der Waals surface area contributed by atoms with Gasteiger partial charge in [0.05, 0.1) is 24.3 Å². The van der Waals surface area contributed by atoms with E-state index in [1.165, 1.54) is 12.0 Å². The predicted octanol–water partition coefficient (Wildman–Crippen LogP) is 3.72. The van der Waals surface area contributed by atoms with Gasteiger partial charge < -0.3 is 23.7 Å². The van der Waals surface area contributed by atoms with Crippen LogP contribution in [0.5, 0.6) is 0 Å². The summed E-state index contributed by atoms with van der Waals surface area (Å²) in [6.45, 7) is 0.495. The summed E-state index contributed by atoms with van der Waals surface area (Å²) in [5, 5.41) is 0. The van der Waals surface area contributed by atoms with Crippen LogP contribution in [-0.2, 0) is 30.3 Å². The highest BCUT2D eigenvalue weighted by molar-refractivity contribution is 6.21. The van der Waals surface area contributed by atoms with Crippen molar-refractivity contribution in [2.75, 3.05) is 13.7 Å². The number of hydrogen-bond donors (Lipinski definition) is 0. The highest BCUT2D eigenvalue weighted by Gasteiger charge is 2.56. The van der Waals surface area contributed by atoms with Gasteiger partial charge in [-0.2, -0.15) is 0 Å². The summed E-state index contributed by atoms with van der Waals surface area (Å²) < 4.78 is 30.8. The van der Waals surface area contributed by atoms with E-state index in [0.29, 0.717) is 11.1 Å². The summed E-state index contributed by atoms with van der Waals surface area (Å²) in [4.78, 5) is 28.2. The highest BCUT2D eigenvalue weighted by atomic mass is 16.7. The number of imide groups is 1. The number of amides is 2. The Bertz CT molecular complexity index is 1230. The van der Waals surface area contributed by atoms with Gasteiger partial charge in [-0.1, -0.05) is 72.8 Å².